The zero-order valence-corrected chi connectivity index (χ0v) is 40.0. The van der Waals surface area contributed by atoms with Gasteiger partial charge in [0.05, 0.1) is 0 Å². The van der Waals surface area contributed by atoms with E-state index in [9.17, 15) is 14.4 Å². The largest absolute Gasteiger partial charge is 0.462 e. The third kappa shape index (κ3) is 46.7. The second-order valence-electron chi connectivity index (χ2n) is 17.4. The number of allylic oxidation sites excluding steroid dienone is 6. The molecule has 0 N–H and O–H groups in total. The van der Waals surface area contributed by atoms with Crippen molar-refractivity contribution in [2.45, 2.75) is 277 Å². The van der Waals surface area contributed by atoms with Crippen LogP contribution in [0.1, 0.15) is 271 Å². The fourth-order valence-electron chi connectivity index (χ4n) is 7.42. The molecule has 0 aromatic heterocycles. The minimum atomic E-state index is -0.778. The molecule has 1 atom stereocenters. The van der Waals surface area contributed by atoms with Crippen LogP contribution >= 0.6 is 0 Å². The molecule has 6 heteroatoms. The minimum Gasteiger partial charge on any atom is -0.462 e. The summed E-state index contributed by atoms with van der Waals surface area (Å²) in [5, 5.41) is 0. The molecule has 6 nitrogen and oxygen atoms in total. The van der Waals surface area contributed by atoms with Crippen molar-refractivity contribution in [2.75, 3.05) is 13.2 Å². The number of unbranched alkanes of at least 4 members (excludes halogenated alkanes) is 30. The lowest BCUT2D eigenvalue weighted by Gasteiger charge is -2.18. The van der Waals surface area contributed by atoms with E-state index in [4.69, 9.17) is 14.2 Å². The number of hydrogen-bond acceptors (Lipinski definition) is 6. The highest BCUT2D eigenvalue weighted by atomic mass is 16.6. The maximum absolute atomic E-state index is 12.8. The zero-order valence-electron chi connectivity index (χ0n) is 40.0. The molecule has 0 aliphatic carbocycles. The van der Waals surface area contributed by atoms with E-state index < -0.39 is 6.10 Å². The molecule has 1 unspecified atom stereocenters. The second kappa shape index (κ2) is 49.3. The molecular formula is C54H98O6. The summed E-state index contributed by atoms with van der Waals surface area (Å²) in [6, 6.07) is 0. The number of rotatable bonds is 47. The molecule has 0 saturated heterocycles. The molecular weight excluding hydrogens is 745 g/mol. The molecule has 0 fully saturated rings. The first-order valence-corrected chi connectivity index (χ1v) is 26.0. The second-order valence-corrected chi connectivity index (χ2v) is 17.4. The van der Waals surface area contributed by atoms with Crippen LogP contribution in [-0.2, 0) is 28.6 Å². The van der Waals surface area contributed by atoms with E-state index in [1.54, 1.807) is 0 Å². The number of esters is 3. The third-order valence-corrected chi connectivity index (χ3v) is 11.3. The first-order valence-electron chi connectivity index (χ1n) is 26.0. The summed E-state index contributed by atoms with van der Waals surface area (Å²) in [6.45, 7) is 6.55. The summed E-state index contributed by atoms with van der Waals surface area (Å²) in [5.74, 6) is -0.892. The Balaban J connectivity index is 4.34. The van der Waals surface area contributed by atoms with E-state index >= 15 is 0 Å². The molecule has 0 heterocycles. The van der Waals surface area contributed by atoms with Crippen LogP contribution in [0.3, 0.4) is 0 Å². The minimum absolute atomic E-state index is 0.0776. The van der Waals surface area contributed by atoms with Gasteiger partial charge in [-0.25, -0.2) is 0 Å². The van der Waals surface area contributed by atoms with Crippen LogP contribution in [0.5, 0.6) is 0 Å². The average molecular weight is 843 g/mol. The smallest absolute Gasteiger partial charge is 0.306 e. The summed E-state index contributed by atoms with van der Waals surface area (Å²) in [7, 11) is 0. The van der Waals surface area contributed by atoms with Crippen molar-refractivity contribution in [3.05, 3.63) is 36.5 Å². The molecule has 0 rings (SSSR count). The summed E-state index contributed by atoms with van der Waals surface area (Å²) in [6.07, 6.45) is 57.0. The standard InChI is InChI=1S/C54H98O6/c1-4-7-10-13-16-19-22-25-26-27-28-30-32-35-38-41-44-47-53(56)59-50-51(49-58-52(55)46-43-40-37-34-31-24-21-18-15-12-9-6-3)60-54(57)48-45-42-39-36-33-29-23-20-17-14-11-8-5-2/h11,14,18,20-21,23,51H,4-10,12-13,15-17,19,22,24-50H2,1-3H3/b14-11-,21-18-,23-20-. The zero-order chi connectivity index (χ0) is 43.7. The van der Waals surface area contributed by atoms with Gasteiger partial charge in [0.2, 0.25) is 0 Å². The maximum Gasteiger partial charge on any atom is 0.306 e. The van der Waals surface area contributed by atoms with Gasteiger partial charge in [-0.1, -0.05) is 218 Å². The highest BCUT2D eigenvalue weighted by Crippen LogP contribution is 2.16. The van der Waals surface area contributed by atoms with Crippen LogP contribution in [0.2, 0.25) is 0 Å². The van der Waals surface area contributed by atoms with Gasteiger partial charge >= 0.3 is 17.9 Å². The van der Waals surface area contributed by atoms with Crippen molar-refractivity contribution >= 4 is 17.9 Å². The first-order chi connectivity index (χ1) is 29.5. The van der Waals surface area contributed by atoms with Crippen LogP contribution in [0.4, 0.5) is 0 Å². The van der Waals surface area contributed by atoms with Crippen molar-refractivity contribution in [2.24, 2.45) is 0 Å². The van der Waals surface area contributed by atoms with Gasteiger partial charge in [0.1, 0.15) is 13.2 Å². The van der Waals surface area contributed by atoms with Crippen LogP contribution in [0.15, 0.2) is 36.5 Å². The van der Waals surface area contributed by atoms with E-state index in [1.807, 2.05) is 0 Å². The number of carbonyl (C=O) groups is 3. The molecule has 0 aromatic rings. The molecule has 0 spiro atoms. The predicted octanol–water partition coefficient (Wildman–Crippen LogP) is 16.9. The van der Waals surface area contributed by atoms with Gasteiger partial charge in [0, 0.05) is 19.3 Å². The van der Waals surface area contributed by atoms with Gasteiger partial charge in [0.15, 0.2) is 6.10 Å². The van der Waals surface area contributed by atoms with E-state index in [0.29, 0.717) is 19.3 Å². The van der Waals surface area contributed by atoms with Crippen LogP contribution in [0.25, 0.3) is 0 Å². The summed E-state index contributed by atoms with van der Waals surface area (Å²) in [4.78, 5) is 37.9. The van der Waals surface area contributed by atoms with Gasteiger partial charge in [-0.3, -0.25) is 14.4 Å². The van der Waals surface area contributed by atoms with E-state index in [-0.39, 0.29) is 31.1 Å². The Hall–Kier alpha value is -2.37. The Labute approximate surface area is 372 Å². The number of ether oxygens (including phenoxy) is 3. The molecule has 0 aliphatic heterocycles. The number of carbonyl (C=O) groups excluding carboxylic acids is 3. The van der Waals surface area contributed by atoms with Crippen LogP contribution in [0, 0.1) is 0 Å². The number of hydrogen-bond donors (Lipinski definition) is 0. The van der Waals surface area contributed by atoms with Crippen molar-refractivity contribution in [1.29, 1.82) is 0 Å². The van der Waals surface area contributed by atoms with E-state index in [2.05, 4.69) is 57.2 Å². The Morgan fingerprint density at radius 1 is 0.333 bits per heavy atom. The summed E-state index contributed by atoms with van der Waals surface area (Å²) < 4.78 is 16.8. The lowest BCUT2D eigenvalue weighted by Crippen LogP contribution is -2.30. The van der Waals surface area contributed by atoms with Gasteiger partial charge in [-0.05, 0) is 70.6 Å². The summed E-state index contributed by atoms with van der Waals surface area (Å²) in [5.41, 5.74) is 0. The average Bonchev–Trinajstić information content (AvgIpc) is 3.24. The third-order valence-electron chi connectivity index (χ3n) is 11.3. The molecule has 0 aliphatic rings. The van der Waals surface area contributed by atoms with Gasteiger partial charge in [0.25, 0.3) is 0 Å². The topological polar surface area (TPSA) is 78.9 Å². The maximum atomic E-state index is 12.8. The normalized spacial score (nSPS) is 12.2. The Bertz CT molecular complexity index is 1020. The van der Waals surface area contributed by atoms with Gasteiger partial charge in [-0.15, -0.1) is 0 Å². The molecule has 0 amide bonds. The highest BCUT2D eigenvalue weighted by Gasteiger charge is 2.19. The molecule has 350 valence electrons. The van der Waals surface area contributed by atoms with Crippen molar-refractivity contribution in [3.8, 4) is 0 Å². The fourth-order valence-corrected chi connectivity index (χ4v) is 7.42. The van der Waals surface area contributed by atoms with Crippen molar-refractivity contribution in [1.82, 2.24) is 0 Å². The lowest BCUT2D eigenvalue weighted by atomic mass is 10.0. The summed E-state index contributed by atoms with van der Waals surface area (Å²) >= 11 is 0. The molecule has 0 aromatic carbocycles. The Morgan fingerprint density at radius 3 is 1.03 bits per heavy atom. The SMILES string of the molecule is CCC/C=C\C/C=C\CCCCCCCC(=O)OC(COC(=O)CCCCCCC/C=C\CCCCC)COC(=O)CCCCCCCCCCCCCCCCCCC. The van der Waals surface area contributed by atoms with Crippen LogP contribution in [-0.4, -0.2) is 37.2 Å². The fraction of sp³-hybridized carbons (Fsp3) is 0.833. The highest BCUT2D eigenvalue weighted by molar-refractivity contribution is 5.71. The lowest BCUT2D eigenvalue weighted by molar-refractivity contribution is -0.167. The van der Waals surface area contributed by atoms with Crippen molar-refractivity contribution in [3.63, 3.8) is 0 Å². The van der Waals surface area contributed by atoms with E-state index in [0.717, 1.165) is 96.3 Å². The quantitative estimate of drug-likeness (QED) is 0.0263. The molecule has 0 bridgehead atoms. The van der Waals surface area contributed by atoms with Gasteiger partial charge < -0.3 is 14.2 Å². The molecule has 60 heavy (non-hydrogen) atoms. The van der Waals surface area contributed by atoms with Gasteiger partial charge in [-0.2, -0.15) is 0 Å². The first kappa shape index (κ1) is 57.6. The predicted molar refractivity (Wildman–Crippen MR) is 256 cm³/mol. The molecule has 0 saturated carbocycles. The van der Waals surface area contributed by atoms with Crippen molar-refractivity contribution < 1.29 is 28.6 Å². The van der Waals surface area contributed by atoms with Crippen LogP contribution < -0.4 is 0 Å². The Kier molecular flexibility index (Phi) is 47.3. The monoisotopic (exact) mass is 843 g/mol. The Morgan fingerprint density at radius 2 is 0.633 bits per heavy atom. The van der Waals surface area contributed by atoms with E-state index in [1.165, 1.54) is 135 Å². The molecule has 0 radical (unpaired) electrons.